The molecule has 0 radical (unpaired) electrons. The third-order valence-corrected chi connectivity index (χ3v) is 7.19. The molecule has 36 heavy (non-hydrogen) atoms. The number of benzene rings is 3. The van der Waals surface area contributed by atoms with Crippen molar-refractivity contribution < 1.29 is 14.3 Å². The Hall–Kier alpha value is -3.86. The highest BCUT2D eigenvalue weighted by molar-refractivity contribution is 6.09. The lowest BCUT2D eigenvalue weighted by Gasteiger charge is -2.30. The van der Waals surface area contributed by atoms with E-state index in [2.05, 4.69) is 24.4 Å². The average Bonchev–Trinajstić information content (AvgIpc) is 2.89. The monoisotopic (exact) mass is 480 g/mol. The van der Waals surface area contributed by atoms with Crippen LogP contribution in [0.2, 0.25) is 0 Å². The largest absolute Gasteiger partial charge is 0.449 e. The summed E-state index contributed by atoms with van der Waals surface area (Å²) in [6.07, 6.45) is 6.35. The Balaban J connectivity index is 1.35. The van der Waals surface area contributed by atoms with Crippen LogP contribution in [0.5, 0.6) is 5.75 Å². The Kier molecular flexibility index (Phi) is 6.90. The van der Waals surface area contributed by atoms with Gasteiger partial charge in [0.05, 0.1) is 12.2 Å². The van der Waals surface area contributed by atoms with Crippen molar-refractivity contribution in [3.8, 4) is 5.75 Å². The molecule has 3 aromatic rings. The molecule has 0 bridgehead atoms. The predicted octanol–water partition coefficient (Wildman–Crippen LogP) is 6.27. The first-order chi connectivity index (χ1) is 17.5. The standard InChI is InChI=1S/C31H32N2O3/c1-21-11-13-24(14-12-21)20-33-27-9-5-6-10-28(27)36-29(31(33)35)19-23-15-17-25(18-16-23)30(34)32-26-8-4-3-7-22(26)2/h5-6,9-19,22,26H,3-4,7-8,20H2,1-2H3,(H,32,34)/b29-19+/t22-,26+/m0/s1. The molecule has 1 aliphatic carbocycles. The fourth-order valence-electron chi connectivity index (χ4n) is 4.96. The van der Waals surface area contributed by atoms with E-state index in [1.165, 1.54) is 18.4 Å². The van der Waals surface area contributed by atoms with E-state index < -0.39 is 0 Å². The molecule has 0 unspecified atom stereocenters. The topological polar surface area (TPSA) is 58.6 Å². The van der Waals surface area contributed by atoms with Crippen molar-refractivity contribution >= 4 is 23.6 Å². The zero-order valence-corrected chi connectivity index (χ0v) is 20.9. The van der Waals surface area contributed by atoms with Crippen LogP contribution in [0.1, 0.15) is 59.7 Å². The summed E-state index contributed by atoms with van der Waals surface area (Å²) in [5, 5.41) is 3.20. The van der Waals surface area contributed by atoms with Crippen LogP contribution >= 0.6 is 0 Å². The van der Waals surface area contributed by atoms with E-state index in [1.54, 1.807) is 23.1 Å². The summed E-state index contributed by atoms with van der Waals surface area (Å²) in [5.41, 5.74) is 4.41. The predicted molar refractivity (Wildman–Crippen MR) is 143 cm³/mol. The van der Waals surface area contributed by atoms with Crippen LogP contribution in [-0.4, -0.2) is 17.9 Å². The highest BCUT2D eigenvalue weighted by atomic mass is 16.5. The molecule has 0 aromatic heterocycles. The minimum absolute atomic E-state index is 0.0452. The lowest BCUT2D eigenvalue weighted by molar-refractivity contribution is -0.117. The van der Waals surface area contributed by atoms with Crippen LogP contribution in [0, 0.1) is 12.8 Å². The maximum absolute atomic E-state index is 13.5. The normalized spacial score (nSPS) is 20.6. The van der Waals surface area contributed by atoms with E-state index >= 15 is 0 Å². The summed E-state index contributed by atoms with van der Waals surface area (Å²) in [4.78, 5) is 28.0. The number of ether oxygens (including phenoxy) is 1. The highest BCUT2D eigenvalue weighted by Crippen LogP contribution is 2.36. The lowest BCUT2D eigenvalue weighted by atomic mass is 9.86. The summed E-state index contributed by atoms with van der Waals surface area (Å²) < 4.78 is 6.02. The van der Waals surface area contributed by atoms with Crippen LogP contribution in [0.3, 0.4) is 0 Å². The lowest BCUT2D eigenvalue weighted by Crippen LogP contribution is -2.41. The van der Waals surface area contributed by atoms with Crippen molar-refractivity contribution in [2.24, 2.45) is 5.92 Å². The summed E-state index contributed by atoms with van der Waals surface area (Å²) >= 11 is 0. The van der Waals surface area contributed by atoms with Crippen molar-refractivity contribution in [3.05, 3.63) is 101 Å². The second kappa shape index (κ2) is 10.4. The number of hydrogen-bond donors (Lipinski definition) is 1. The number of carbonyl (C=O) groups excluding carboxylic acids is 2. The van der Waals surface area contributed by atoms with E-state index in [1.807, 2.05) is 55.5 Å². The zero-order chi connectivity index (χ0) is 25.1. The Labute approximate surface area is 212 Å². The van der Waals surface area contributed by atoms with Crippen molar-refractivity contribution in [3.63, 3.8) is 0 Å². The first-order valence-electron chi connectivity index (χ1n) is 12.7. The third-order valence-electron chi connectivity index (χ3n) is 7.19. The number of nitrogens with zero attached hydrogens (tertiary/aromatic N) is 1. The van der Waals surface area contributed by atoms with Gasteiger partial charge in [-0.15, -0.1) is 0 Å². The second-order valence-corrected chi connectivity index (χ2v) is 9.92. The van der Waals surface area contributed by atoms with Crippen molar-refractivity contribution in [1.82, 2.24) is 5.32 Å². The van der Waals surface area contributed by atoms with Gasteiger partial charge >= 0.3 is 0 Å². The number of amides is 2. The molecule has 1 heterocycles. The van der Waals surface area contributed by atoms with E-state index in [-0.39, 0.29) is 23.6 Å². The van der Waals surface area contributed by atoms with Crippen LogP contribution in [0.4, 0.5) is 5.69 Å². The van der Waals surface area contributed by atoms with Gasteiger partial charge in [0.15, 0.2) is 11.5 Å². The van der Waals surface area contributed by atoms with Crippen molar-refractivity contribution in [2.75, 3.05) is 4.90 Å². The number of hydrogen-bond acceptors (Lipinski definition) is 3. The number of nitrogens with one attached hydrogen (secondary N) is 1. The summed E-state index contributed by atoms with van der Waals surface area (Å²) in [6.45, 7) is 4.71. The molecule has 5 nitrogen and oxygen atoms in total. The maximum atomic E-state index is 13.5. The molecule has 1 N–H and O–H groups in total. The van der Waals surface area contributed by atoms with Crippen LogP contribution in [0.15, 0.2) is 78.6 Å². The summed E-state index contributed by atoms with van der Waals surface area (Å²) in [7, 11) is 0. The molecule has 0 spiro atoms. The SMILES string of the molecule is Cc1ccc(CN2C(=O)/C(=C\c3ccc(C(=O)N[C@@H]4CCCC[C@@H]4C)cc3)Oc3ccccc32)cc1. The van der Waals surface area contributed by atoms with E-state index in [4.69, 9.17) is 4.74 Å². The van der Waals surface area contributed by atoms with Crippen molar-refractivity contribution in [1.29, 1.82) is 0 Å². The summed E-state index contributed by atoms with van der Waals surface area (Å²) in [6, 6.07) is 23.3. The molecular weight excluding hydrogens is 448 g/mol. The number of aryl methyl sites for hydroxylation is 1. The van der Waals surface area contributed by atoms with Crippen LogP contribution in [0.25, 0.3) is 6.08 Å². The van der Waals surface area contributed by atoms with Gasteiger partial charge in [-0.05, 0) is 67.2 Å². The average molecular weight is 481 g/mol. The third kappa shape index (κ3) is 5.20. The fraction of sp³-hybridized carbons (Fsp3) is 0.290. The molecule has 1 aliphatic heterocycles. The smallest absolute Gasteiger partial charge is 0.294 e. The van der Waals surface area contributed by atoms with Gasteiger partial charge in [-0.1, -0.05) is 73.9 Å². The van der Waals surface area contributed by atoms with Gasteiger partial charge in [0.2, 0.25) is 0 Å². The van der Waals surface area contributed by atoms with E-state index in [0.717, 1.165) is 29.7 Å². The van der Waals surface area contributed by atoms with Gasteiger partial charge in [0.1, 0.15) is 0 Å². The first-order valence-corrected chi connectivity index (χ1v) is 12.7. The molecule has 1 fully saturated rings. The molecular formula is C31H32N2O3. The van der Waals surface area contributed by atoms with Crippen LogP contribution < -0.4 is 15.0 Å². The molecule has 5 rings (SSSR count). The molecule has 2 atom stereocenters. The zero-order valence-electron chi connectivity index (χ0n) is 20.9. The van der Waals surface area contributed by atoms with Gasteiger partial charge < -0.3 is 10.1 Å². The maximum Gasteiger partial charge on any atom is 0.294 e. The molecule has 2 aliphatic rings. The number of fused-ring (bicyclic) bond motifs is 1. The molecule has 0 saturated heterocycles. The number of carbonyl (C=O) groups is 2. The Morgan fingerprint density at radius 3 is 2.47 bits per heavy atom. The summed E-state index contributed by atoms with van der Waals surface area (Å²) in [5.74, 6) is 1.17. The van der Waals surface area contributed by atoms with Gasteiger partial charge in [-0.2, -0.15) is 0 Å². The number of rotatable bonds is 5. The molecule has 1 saturated carbocycles. The van der Waals surface area contributed by atoms with E-state index in [9.17, 15) is 9.59 Å². The second-order valence-electron chi connectivity index (χ2n) is 9.92. The molecule has 184 valence electrons. The molecule has 5 heteroatoms. The van der Waals surface area contributed by atoms with Crippen molar-refractivity contribution in [2.45, 2.75) is 52.1 Å². The first kappa shape index (κ1) is 23.9. The highest BCUT2D eigenvalue weighted by Gasteiger charge is 2.30. The van der Waals surface area contributed by atoms with E-state index in [0.29, 0.717) is 23.8 Å². The van der Waals surface area contributed by atoms with Crippen LogP contribution in [-0.2, 0) is 11.3 Å². The van der Waals surface area contributed by atoms with Gasteiger partial charge in [-0.25, -0.2) is 0 Å². The molecule has 3 aromatic carbocycles. The minimum Gasteiger partial charge on any atom is -0.449 e. The number of anilines is 1. The van der Waals surface area contributed by atoms with Gasteiger partial charge in [0.25, 0.3) is 11.8 Å². The van der Waals surface area contributed by atoms with Gasteiger partial charge in [0, 0.05) is 11.6 Å². The Bertz CT molecular complexity index is 1280. The Morgan fingerprint density at radius 2 is 1.72 bits per heavy atom. The molecule has 2 amide bonds. The fourth-order valence-corrected chi connectivity index (χ4v) is 4.96. The minimum atomic E-state index is -0.192. The quantitative estimate of drug-likeness (QED) is 0.438. The van der Waals surface area contributed by atoms with Gasteiger partial charge in [-0.3, -0.25) is 14.5 Å². The Morgan fingerprint density at radius 1 is 1.00 bits per heavy atom. The number of para-hydroxylation sites is 2.